The van der Waals surface area contributed by atoms with Crippen LogP contribution < -0.4 is 5.32 Å². The molecule has 55 heavy (non-hydrogen) atoms. The summed E-state index contributed by atoms with van der Waals surface area (Å²) in [6.07, 6.45) is 7.78. The number of anilines is 1. The molecule has 8 heteroatoms. The van der Waals surface area contributed by atoms with E-state index in [1.807, 2.05) is 31.2 Å². The second-order valence-electron chi connectivity index (χ2n) is 17.7. The van der Waals surface area contributed by atoms with Crippen molar-refractivity contribution in [2.24, 2.45) is 52.3 Å². The molecule has 0 aliphatic heterocycles. The van der Waals surface area contributed by atoms with Gasteiger partial charge in [-0.05, 0) is 128 Å². The van der Waals surface area contributed by atoms with Crippen molar-refractivity contribution in [3.8, 4) is 11.8 Å². The van der Waals surface area contributed by atoms with Crippen LogP contribution in [0.15, 0.2) is 48.5 Å². The molecule has 4 fully saturated rings. The standard InChI is InChI=1S/C47H60N2O6/c1-7-37-43(45(53)55-6)44(33-10-8-9-11-38(33)49-37)48-27-31-17-14-29(15-18-31)13-16-30-22-23-46(3)32(24-30)25-39(50)42-35-20-19-34(28(2)12-21-41(52)54-5)47(35,4)40(51)26-36(42)46/h8-11,14-15,17-18,28,30,32,34-36,39-40,42,50-51H,7,12,19-27H2,1-6H3,(H,48,49)/t28-,30+,32?,34-,35?,36?,39-,40+,42?,46+,47-/m1/s1. The van der Waals surface area contributed by atoms with E-state index in [1.54, 1.807) is 0 Å². The Balaban J connectivity index is 1.01. The van der Waals surface area contributed by atoms with Gasteiger partial charge in [0, 0.05) is 29.8 Å². The Bertz CT molecular complexity index is 1950. The van der Waals surface area contributed by atoms with E-state index in [0.717, 1.165) is 79.1 Å². The van der Waals surface area contributed by atoms with Gasteiger partial charge >= 0.3 is 11.9 Å². The number of carbonyl (C=O) groups excluding carboxylic acids is 2. The minimum atomic E-state index is -0.405. The van der Waals surface area contributed by atoms with E-state index in [2.05, 4.69) is 62.2 Å². The zero-order valence-electron chi connectivity index (χ0n) is 33.6. The number of aryl methyl sites for hydroxylation is 1. The lowest BCUT2D eigenvalue weighted by atomic mass is 9.42. The monoisotopic (exact) mass is 748 g/mol. The normalized spacial score (nSPS) is 32.9. The zero-order valence-corrected chi connectivity index (χ0v) is 33.6. The number of fused-ring (bicyclic) bond motifs is 6. The number of aliphatic hydroxyl groups is 2. The van der Waals surface area contributed by atoms with E-state index >= 15 is 0 Å². The highest BCUT2D eigenvalue weighted by Crippen LogP contribution is 2.68. The van der Waals surface area contributed by atoms with E-state index in [4.69, 9.17) is 14.5 Å². The van der Waals surface area contributed by atoms with Gasteiger partial charge in [-0.3, -0.25) is 9.78 Å². The van der Waals surface area contributed by atoms with Gasteiger partial charge in [-0.15, -0.1) is 0 Å². The summed E-state index contributed by atoms with van der Waals surface area (Å²) in [6, 6.07) is 16.2. The second-order valence-corrected chi connectivity index (χ2v) is 17.7. The number of benzene rings is 2. The maximum atomic E-state index is 12.9. The molecule has 0 radical (unpaired) electrons. The summed E-state index contributed by atoms with van der Waals surface area (Å²) in [5, 5.41) is 28.3. The van der Waals surface area contributed by atoms with E-state index in [1.165, 1.54) is 14.2 Å². The van der Waals surface area contributed by atoms with Crippen molar-refractivity contribution in [2.75, 3.05) is 19.5 Å². The fourth-order valence-electron chi connectivity index (χ4n) is 12.0. The summed E-state index contributed by atoms with van der Waals surface area (Å²) >= 11 is 0. The first kappa shape index (κ1) is 39.3. The Morgan fingerprint density at radius 3 is 2.47 bits per heavy atom. The molecule has 3 aromatic rings. The molecule has 8 nitrogen and oxygen atoms in total. The quantitative estimate of drug-likeness (QED) is 0.148. The van der Waals surface area contributed by atoms with Gasteiger partial charge in [-0.2, -0.15) is 0 Å². The van der Waals surface area contributed by atoms with Gasteiger partial charge in [-0.25, -0.2) is 4.79 Å². The Hall–Kier alpha value is -3.93. The molecule has 0 amide bonds. The molecule has 1 aromatic heterocycles. The number of carbonyl (C=O) groups is 2. The number of aliphatic hydroxyl groups excluding tert-OH is 2. The summed E-state index contributed by atoms with van der Waals surface area (Å²) in [5.41, 5.74) is 4.68. The van der Waals surface area contributed by atoms with Crippen LogP contribution in [0.5, 0.6) is 0 Å². The lowest BCUT2D eigenvalue weighted by Crippen LogP contribution is -2.62. The zero-order chi connectivity index (χ0) is 39.1. The predicted octanol–water partition coefficient (Wildman–Crippen LogP) is 8.35. The number of methoxy groups -OCH3 is 2. The van der Waals surface area contributed by atoms with Gasteiger partial charge in [-0.1, -0.05) is 69.9 Å². The molecule has 3 N–H and O–H groups in total. The van der Waals surface area contributed by atoms with E-state index in [-0.39, 0.29) is 34.7 Å². The van der Waals surface area contributed by atoms with Gasteiger partial charge in [0.25, 0.3) is 0 Å². The molecule has 4 aliphatic rings. The second kappa shape index (κ2) is 15.9. The number of nitrogens with zero attached hydrogens (tertiary/aromatic N) is 1. The Kier molecular flexibility index (Phi) is 11.4. The van der Waals surface area contributed by atoms with Crippen LogP contribution in [0.25, 0.3) is 10.9 Å². The summed E-state index contributed by atoms with van der Waals surface area (Å²) in [7, 11) is 2.85. The van der Waals surface area contributed by atoms with Crippen molar-refractivity contribution in [1.82, 2.24) is 4.98 Å². The first-order valence-electron chi connectivity index (χ1n) is 20.7. The number of hydrogen-bond donors (Lipinski definition) is 3. The van der Waals surface area contributed by atoms with Crippen molar-refractivity contribution in [3.05, 3.63) is 70.9 Å². The fraction of sp³-hybridized carbons (Fsp3) is 0.596. The molecule has 4 saturated carbocycles. The topological polar surface area (TPSA) is 118 Å². The smallest absolute Gasteiger partial charge is 0.341 e. The maximum absolute atomic E-state index is 12.9. The SMILES string of the molecule is CCc1nc2ccccc2c(NCc2ccc(C#C[C@H]3CC[C@@]4(C)C(C3)C[C@@H](O)C3C4C[C@H](O)[C@@]4(C)C3CC[C@@H]4[C@H](C)CCC(=O)OC)cc2)c1C(=O)OC. The number of para-hydroxylation sites is 1. The molecule has 0 bridgehead atoms. The minimum Gasteiger partial charge on any atom is -0.469 e. The van der Waals surface area contributed by atoms with Gasteiger partial charge in [0.15, 0.2) is 0 Å². The third-order valence-corrected chi connectivity index (χ3v) is 15.1. The summed E-state index contributed by atoms with van der Waals surface area (Å²) in [6.45, 7) is 9.50. The summed E-state index contributed by atoms with van der Waals surface area (Å²) < 4.78 is 10.1. The summed E-state index contributed by atoms with van der Waals surface area (Å²) in [4.78, 5) is 29.5. The van der Waals surface area contributed by atoms with E-state index in [0.29, 0.717) is 60.2 Å². The molecule has 294 valence electrons. The largest absolute Gasteiger partial charge is 0.469 e. The average Bonchev–Trinajstić information content (AvgIpc) is 3.56. The number of pyridine rings is 1. The maximum Gasteiger partial charge on any atom is 0.341 e. The minimum absolute atomic E-state index is 0.0827. The number of nitrogens with one attached hydrogen (secondary N) is 1. The fourth-order valence-corrected chi connectivity index (χ4v) is 12.0. The van der Waals surface area contributed by atoms with Crippen molar-refractivity contribution < 1.29 is 29.3 Å². The average molecular weight is 749 g/mol. The van der Waals surface area contributed by atoms with Crippen molar-refractivity contribution in [3.63, 3.8) is 0 Å². The van der Waals surface area contributed by atoms with Gasteiger partial charge in [0.05, 0.1) is 43.3 Å². The molecular weight excluding hydrogens is 689 g/mol. The Morgan fingerprint density at radius 1 is 0.982 bits per heavy atom. The van der Waals surface area contributed by atoms with E-state index in [9.17, 15) is 19.8 Å². The first-order valence-corrected chi connectivity index (χ1v) is 20.7. The van der Waals surface area contributed by atoms with Gasteiger partial charge in [0.2, 0.25) is 0 Å². The molecule has 0 spiro atoms. The van der Waals surface area contributed by atoms with Crippen LogP contribution in [0.1, 0.15) is 113 Å². The van der Waals surface area contributed by atoms with Crippen molar-refractivity contribution in [2.45, 2.75) is 111 Å². The molecule has 4 aliphatic carbocycles. The van der Waals surface area contributed by atoms with Crippen molar-refractivity contribution >= 4 is 28.5 Å². The third-order valence-electron chi connectivity index (χ3n) is 15.1. The molecule has 7 rings (SSSR count). The summed E-state index contributed by atoms with van der Waals surface area (Å²) in [5.74, 6) is 8.64. The van der Waals surface area contributed by atoms with Crippen LogP contribution >= 0.6 is 0 Å². The van der Waals surface area contributed by atoms with E-state index < -0.39 is 12.1 Å². The van der Waals surface area contributed by atoms with Crippen LogP contribution in [-0.2, 0) is 27.2 Å². The predicted molar refractivity (Wildman–Crippen MR) is 215 cm³/mol. The van der Waals surface area contributed by atoms with Crippen LogP contribution in [-0.4, -0.2) is 53.6 Å². The lowest BCUT2D eigenvalue weighted by Gasteiger charge is -2.63. The molecule has 11 atom stereocenters. The van der Waals surface area contributed by atoms with Crippen LogP contribution in [0.2, 0.25) is 0 Å². The molecule has 0 saturated heterocycles. The Labute approximate surface area is 327 Å². The molecule has 1 heterocycles. The highest BCUT2D eigenvalue weighted by atomic mass is 16.5. The lowest BCUT2D eigenvalue weighted by molar-refractivity contribution is -0.203. The number of aromatic nitrogens is 1. The molecular formula is C47H60N2O6. The Morgan fingerprint density at radius 2 is 1.75 bits per heavy atom. The highest BCUT2D eigenvalue weighted by Gasteiger charge is 2.65. The number of hydrogen-bond acceptors (Lipinski definition) is 8. The number of ether oxygens (including phenoxy) is 2. The third kappa shape index (κ3) is 7.17. The first-order chi connectivity index (χ1) is 26.4. The van der Waals surface area contributed by atoms with Gasteiger partial charge < -0.3 is 25.0 Å². The molecule has 4 unspecified atom stereocenters. The van der Waals surface area contributed by atoms with Crippen LogP contribution in [0.3, 0.4) is 0 Å². The van der Waals surface area contributed by atoms with Crippen molar-refractivity contribution in [1.29, 1.82) is 0 Å². The van der Waals surface area contributed by atoms with Crippen LogP contribution in [0, 0.1) is 64.1 Å². The molecule has 2 aromatic carbocycles. The number of esters is 2. The number of rotatable bonds is 9. The van der Waals surface area contributed by atoms with Crippen LogP contribution in [0.4, 0.5) is 5.69 Å². The van der Waals surface area contributed by atoms with Gasteiger partial charge in [0.1, 0.15) is 5.56 Å². The highest BCUT2D eigenvalue weighted by molar-refractivity contribution is 6.06.